The first kappa shape index (κ1) is 41.9. The lowest BCUT2D eigenvalue weighted by molar-refractivity contribution is -0.152. The molecule has 0 radical (unpaired) electrons. The van der Waals surface area contributed by atoms with Crippen molar-refractivity contribution in [3.8, 4) is 0 Å². The van der Waals surface area contributed by atoms with E-state index in [0.717, 1.165) is 31.6 Å². The van der Waals surface area contributed by atoms with Gasteiger partial charge in [-0.25, -0.2) is 0 Å². The Kier molecular flexibility index (Phi) is 32.9. The zero-order chi connectivity index (χ0) is 31.6. The molecule has 1 N–H and O–H groups in total. The lowest BCUT2D eigenvalue weighted by Gasteiger charge is -2.12. The van der Waals surface area contributed by atoms with Crippen molar-refractivity contribution in [1.29, 1.82) is 0 Å². The van der Waals surface area contributed by atoms with Crippen LogP contribution in [0.2, 0.25) is 0 Å². The number of hydrogen-bond acceptors (Lipinski definition) is 5. The second-order valence-electron chi connectivity index (χ2n) is 13.5. The van der Waals surface area contributed by atoms with Crippen LogP contribution in [0.15, 0.2) is 0 Å². The van der Waals surface area contributed by atoms with Crippen molar-refractivity contribution in [2.75, 3.05) is 13.2 Å². The lowest BCUT2D eigenvalue weighted by Crippen LogP contribution is -2.25. The third-order valence-corrected chi connectivity index (χ3v) is 8.52. The number of esters is 2. The van der Waals surface area contributed by atoms with Gasteiger partial charge < -0.3 is 14.6 Å². The van der Waals surface area contributed by atoms with Crippen molar-refractivity contribution in [3.05, 3.63) is 0 Å². The standard InChI is InChI=1S/C38H74O5/c1-4-5-6-7-8-9-10-11-12-16-19-22-25-28-31-37(40)42-33-36(39)34-43-38(41)32-29-26-23-20-17-14-13-15-18-21-24-27-30-35(2)3/h35-36,39H,4-34H2,1-3H3/t36-/m0/s1. The third kappa shape index (κ3) is 35.3. The minimum absolute atomic E-state index is 0.108. The Morgan fingerprint density at radius 2 is 0.744 bits per heavy atom. The number of carbonyl (C=O) groups excluding carboxylic acids is 2. The van der Waals surface area contributed by atoms with Crippen molar-refractivity contribution >= 4 is 11.9 Å². The number of carbonyl (C=O) groups is 2. The summed E-state index contributed by atoms with van der Waals surface area (Å²) in [4.78, 5) is 23.9. The van der Waals surface area contributed by atoms with Gasteiger partial charge >= 0.3 is 11.9 Å². The highest BCUT2D eigenvalue weighted by Gasteiger charge is 2.12. The fourth-order valence-electron chi connectivity index (χ4n) is 5.62. The summed E-state index contributed by atoms with van der Waals surface area (Å²) < 4.78 is 10.3. The van der Waals surface area contributed by atoms with Gasteiger partial charge in [0, 0.05) is 12.8 Å². The Morgan fingerprint density at radius 3 is 1.05 bits per heavy atom. The van der Waals surface area contributed by atoms with Crippen molar-refractivity contribution < 1.29 is 24.2 Å². The second-order valence-corrected chi connectivity index (χ2v) is 13.5. The maximum Gasteiger partial charge on any atom is 0.305 e. The Balaban J connectivity index is 3.39. The highest BCUT2D eigenvalue weighted by atomic mass is 16.6. The average Bonchev–Trinajstić information content (AvgIpc) is 2.99. The van der Waals surface area contributed by atoms with E-state index < -0.39 is 6.10 Å². The van der Waals surface area contributed by atoms with Gasteiger partial charge in [0.1, 0.15) is 19.3 Å². The molecule has 5 heteroatoms. The lowest BCUT2D eigenvalue weighted by atomic mass is 10.0. The van der Waals surface area contributed by atoms with E-state index in [1.165, 1.54) is 148 Å². The molecular weight excluding hydrogens is 536 g/mol. The third-order valence-electron chi connectivity index (χ3n) is 8.52. The van der Waals surface area contributed by atoms with E-state index >= 15 is 0 Å². The molecule has 0 aliphatic heterocycles. The first-order chi connectivity index (χ1) is 21.0. The highest BCUT2D eigenvalue weighted by Crippen LogP contribution is 2.15. The molecule has 0 amide bonds. The molecule has 43 heavy (non-hydrogen) atoms. The Bertz CT molecular complexity index is 591. The minimum atomic E-state index is -0.954. The van der Waals surface area contributed by atoms with Crippen LogP contribution in [0.4, 0.5) is 0 Å². The van der Waals surface area contributed by atoms with Gasteiger partial charge in [0.15, 0.2) is 0 Å². The summed E-state index contributed by atoms with van der Waals surface area (Å²) in [6, 6.07) is 0. The molecule has 0 rings (SSSR count). The Labute approximate surface area is 268 Å². The van der Waals surface area contributed by atoms with Crippen molar-refractivity contribution in [1.82, 2.24) is 0 Å². The number of rotatable bonds is 34. The van der Waals surface area contributed by atoms with Crippen molar-refractivity contribution in [2.24, 2.45) is 5.92 Å². The SMILES string of the molecule is CCCCCCCCCCCCCCCCC(=O)OC[C@H](O)COC(=O)CCCCCCCCCCCCCCC(C)C. The molecule has 0 bridgehead atoms. The van der Waals surface area contributed by atoms with Gasteiger partial charge in [-0.1, -0.05) is 181 Å². The number of unbranched alkanes of at least 4 members (excludes halogenated alkanes) is 24. The molecule has 0 aromatic heterocycles. The quantitative estimate of drug-likeness (QED) is 0.0579. The van der Waals surface area contributed by atoms with E-state index in [1.807, 2.05) is 0 Å². The van der Waals surface area contributed by atoms with Gasteiger partial charge in [-0.15, -0.1) is 0 Å². The molecule has 0 aliphatic rings. The number of ether oxygens (including phenoxy) is 2. The molecule has 5 nitrogen and oxygen atoms in total. The summed E-state index contributed by atoms with van der Waals surface area (Å²) in [6.45, 7) is 6.66. The topological polar surface area (TPSA) is 72.8 Å². The molecule has 0 heterocycles. The molecule has 0 unspecified atom stereocenters. The van der Waals surface area contributed by atoms with E-state index in [9.17, 15) is 14.7 Å². The molecule has 0 saturated heterocycles. The molecule has 0 fully saturated rings. The summed E-state index contributed by atoms with van der Waals surface area (Å²) in [5, 5.41) is 9.99. The van der Waals surface area contributed by atoms with Crippen LogP contribution in [0.1, 0.15) is 207 Å². The Hall–Kier alpha value is -1.10. The predicted octanol–water partition coefficient (Wildman–Crippen LogP) is 11.4. The monoisotopic (exact) mass is 611 g/mol. The molecule has 0 saturated carbocycles. The van der Waals surface area contributed by atoms with Crippen LogP contribution in [-0.4, -0.2) is 36.4 Å². The molecule has 256 valence electrons. The number of aliphatic hydroxyl groups excluding tert-OH is 1. The van der Waals surface area contributed by atoms with E-state index in [1.54, 1.807) is 0 Å². The predicted molar refractivity (Wildman–Crippen MR) is 182 cm³/mol. The summed E-state index contributed by atoms with van der Waals surface area (Å²) in [7, 11) is 0. The molecule has 0 spiro atoms. The zero-order valence-electron chi connectivity index (χ0n) is 29.2. The van der Waals surface area contributed by atoms with E-state index in [0.29, 0.717) is 12.8 Å². The normalized spacial score (nSPS) is 12.1. The van der Waals surface area contributed by atoms with E-state index in [-0.39, 0.29) is 25.2 Å². The first-order valence-corrected chi connectivity index (χ1v) is 18.9. The highest BCUT2D eigenvalue weighted by molar-refractivity contribution is 5.69. The summed E-state index contributed by atoms with van der Waals surface area (Å²) >= 11 is 0. The van der Waals surface area contributed by atoms with Gasteiger partial charge in [-0.3, -0.25) is 9.59 Å². The molecule has 0 aromatic rings. The van der Waals surface area contributed by atoms with E-state index in [2.05, 4.69) is 20.8 Å². The van der Waals surface area contributed by atoms with Gasteiger partial charge in [0.05, 0.1) is 0 Å². The van der Waals surface area contributed by atoms with Gasteiger partial charge in [0.25, 0.3) is 0 Å². The molecule has 0 aromatic carbocycles. The van der Waals surface area contributed by atoms with Crippen LogP contribution in [0, 0.1) is 5.92 Å². The second kappa shape index (κ2) is 33.8. The molecule has 0 aliphatic carbocycles. The summed E-state index contributed by atoms with van der Waals surface area (Å²) in [6.07, 6.45) is 34.4. The zero-order valence-corrected chi connectivity index (χ0v) is 29.2. The van der Waals surface area contributed by atoms with Crippen molar-refractivity contribution in [2.45, 2.75) is 213 Å². The maximum atomic E-state index is 11.9. The van der Waals surface area contributed by atoms with Crippen molar-refractivity contribution in [3.63, 3.8) is 0 Å². The average molecular weight is 611 g/mol. The molecule has 1 atom stereocenters. The summed E-state index contributed by atoms with van der Waals surface area (Å²) in [5.74, 6) is 0.289. The van der Waals surface area contributed by atoms with Crippen LogP contribution < -0.4 is 0 Å². The van der Waals surface area contributed by atoms with Crippen LogP contribution >= 0.6 is 0 Å². The first-order valence-electron chi connectivity index (χ1n) is 18.9. The van der Waals surface area contributed by atoms with Gasteiger partial charge in [-0.2, -0.15) is 0 Å². The summed E-state index contributed by atoms with van der Waals surface area (Å²) in [5.41, 5.74) is 0. The largest absolute Gasteiger partial charge is 0.463 e. The Morgan fingerprint density at radius 1 is 0.465 bits per heavy atom. The van der Waals surface area contributed by atoms with E-state index in [4.69, 9.17) is 9.47 Å². The van der Waals surface area contributed by atoms with Crippen LogP contribution in [0.5, 0.6) is 0 Å². The number of aliphatic hydroxyl groups is 1. The van der Waals surface area contributed by atoms with Gasteiger partial charge in [-0.05, 0) is 18.8 Å². The van der Waals surface area contributed by atoms with Crippen LogP contribution in [-0.2, 0) is 19.1 Å². The van der Waals surface area contributed by atoms with Crippen LogP contribution in [0.25, 0.3) is 0 Å². The smallest absolute Gasteiger partial charge is 0.305 e. The maximum absolute atomic E-state index is 11.9. The van der Waals surface area contributed by atoms with Gasteiger partial charge in [0.2, 0.25) is 0 Å². The minimum Gasteiger partial charge on any atom is -0.463 e. The van der Waals surface area contributed by atoms with Crippen LogP contribution in [0.3, 0.4) is 0 Å². The number of hydrogen-bond donors (Lipinski definition) is 1. The fourth-order valence-corrected chi connectivity index (χ4v) is 5.62. The molecular formula is C38H74O5. The fraction of sp³-hybridized carbons (Fsp3) is 0.947.